The van der Waals surface area contributed by atoms with Gasteiger partial charge in [0, 0.05) is 5.70 Å². The van der Waals surface area contributed by atoms with Crippen molar-refractivity contribution >= 4 is 12.0 Å². The van der Waals surface area contributed by atoms with E-state index in [0.717, 1.165) is 27.8 Å². The molecule has 2 aliphatic heterocycles. The van der Waals surface area contributed by atoms with Crippen molar-refractivity contribution in [1.29, 1.82) is 0 Å². The van der Waals surface area contributed by atoms with E-state index < -0.39 is 42.5 Å². The third-order valence-corrected chi connectivity index (χ3v) is 10.6. The molecule has 5 aromatic carbocycles. The van der Waals surface area contributed by atoms with Crippen LogP contribution in [0.25, 0.3) is 0 Å². The molecule has 7 rings (SSSR count). The average molecular weight is 797 g/mol. The maximum atomic E-state index is 14.3. The molecule has 2 amide bonds. The number of benzene rings is 5. The number of nitrogens with one attached hydrogen (secondary N) is 1. The van der Waals surface area contributed by atoms with E-state index in [9.17, 15) is 9.59 Å². The third kappa shape index (κ3) is 10.9. The lowest BCUT2D eigenvalue weighted by Gasteiger charge is -2.48. The predicted molar refractivity (Wildman–Crippen MR) is 224 cm³/mol. The molecule has 1 N–H and O–H groups in total. The zero-order valence-corrected chi connectivity index (χ0v) is 33.6. The van der Waals surface area contributed by atoms with Crippen LogP contribution in [0.2, 0.25) is 0 Å². The van der Waals surface area contributed by atoms with Gasteiger partial charge in [-0.1, -0.05) is 152 Å². The van der Waals surface area contributed by atoms with E-state index in [-0.39, 0.29) is 39.0 Å². The average Bonchev–Trinajstić information content (AvgIpc) is 3.27. The van der Waals surface area contributed by atoms with E-state index in [1.165, 1.54) is 0 Å². The highest BCUT2D eigenvalue weighted by atomic mass is 16.6. The van der Waals surface area contributed by atoms with Crippen LogP contribution in [0, 0.1) is 0 Å². The summed E-state index contributed by atoms with van der Waals surface area (Å²) in [5.74, 6) is -0.504. The highest BCUT2D eigenvalue weighted by Gasteiger charge is 2.50. The molecule has 0 aliphatic carbocycles. The zero-order valence-electron chi connectivity index (χ0n) is 33.6. The van der Waals surface area contributed by atoms with Gasteiger partial charge in [-0.2, -0.15) is 0 Å². The number of allylic oxidation sites excluding steroid dienone is 1. The van der Waals surface area contributed by atoms with Crippen LogP contribution < -0.4 is 5.32 Å². The normalized spacial score (nSPS) is 21.9. The molecule has 2 aliphatic rings. The van der Waals surface area contributed by atoms with E-state index in [1.54, 1.807) is 18.7 Å². The number of nitrogens with zero attached hydrogens (tertiary/aromatic N) is 1. The van der Waals surface area contributed by atoms with E-state index in [1.807, 2.05) is 152 Å². The van der Waals surface area contributed by atoms with Gasteiger partial charge in [0.05, 0.1) is 57.8 Å². The Morgan fingerprint density at radius 2 is 1.05 bits per heavy atom. The molecular weight excluding hydrogens is 745 g/mol. The molecule has 0 unspecified atom stereocenters. The molecule has 59 heavy (non-hydrogen) atoms. The Balaban J connectivity index is 1.27. The van der Waals surface area contributed by atoms with Crippen LogP contribution in [0.15, 0.2) is 163 Å². The number of hydrogen-bond donors (Lipinski definition) is 1. The van der Waals surface area contributed by atoms with Gasteiger partial charge in [0.1, 0.15) is 30.5 Å². The molecule has 10 heteroatoms. The molecule has 0 saturated carbocycles. The van der Waals surface area contributed by atoms with Crippen molar-refractivity contribution in [2.45, 2.75) is 76.8 Å². The van der Waals surface area contributed by atoms with Crippen LogP contribution in [0.5, 0.6) is 0 Å². The van der Waals surface area contributed by atoms with Gasteiger partial charge >= 0.3 is 12.0 Å². The summed E-state index contributed by atoms with van der Waals surface area (Å²) in [7, 11) is 0. The Morgan fingerprint density at radius 1 is 0.610 bits per heavy atom. The fraction of sp³-hybridized carbons (Fsp3) is 0.306. The Kier molecular flexibility index (Phi) is 14.7. The van der Waals surface area contributed by atoms with E-state index in [0.29, 0.717) is 24.5 Å². The van der Waals surface area contributed by atoms with Crippen molar-refractivity contribution in [2.75, 3.05) is 19.8 Å². The second-order valence-corrected chi connectivity index (χ2v) is 14.6. The number of esters is 1. The van der Waals surface area contributed by atoms with Gasteiger partial charge in [-0.25, -0.2) is 9.59 Å². The third-order valence-electron chi connectivity index (χ3n) is 10.6. The standard InChI is InChI=1S/C49H52N2O8/c1-3-55-48(52)43-35(2)51(49(53)50-44(43)40-27-17-8-18-28-40)29-41-45(56-31-37-21-11-5-12-22-37)47(58-33-39-25-15-7-16-26-39)46(57-32-38-23-13-6-14-24-38)42(59-41)34-54-30-36-19-9-4-10-20-36/h4-28,41-42,44-47H,3,29-34H2,1-2H3,(H,50,53)/t41-,42+,44-,45-,46-,47+/m0/s1. The first-order valence-electron chi connectivity index (χ1n) is 20.2. The van der Waals surface area contributed by atoms with Crippen molar-refractivity contribution in [3.8, 4) is 0 Å². The van der Waals surface area contributed by atoms with Gasteiger partial charge in [0.15, 0.2) is 0 Å². The van der Waals surface area contributed by atoms with Crippen molar-refractivity contribution in [2.24, 2.45) is 0 Å². The van der Waals surface area contributed by atoms with Crippen molar-refractivity contribution in [3.05, 3.63) is 191 Å². The van der Waals surface area contributed by atoms with Crippen LogP contribution in [0.1, 0.15) is 47.7 Å². The van der Waals surface area contributed by atoms with Crippen LogP contribution in [0.4, 0.5) is 4.79 Å². The highest BCUT2D eigenvalue weighted by molar-refractivity contribution is 5.95. The van der Waals surface area contributed by atoms with Gasteiger partial charge in [-0.05, 0) is 41.7 Å². The lowest BCUT2D eigenvalue weighted by molar-refractivity contribution is -0.273. The number of rotatable bonds is 18. The highest BCUT2D eigenvalue weighted by Crippen LogP contribution is 2.35. The van der Waals surface area contributed by atoms with Crippen LogP contribution in [-0.2, 0) is 59.6 Å². The first kappa shape index (κ1) is 41.5. The lowest BCUT2D eigenvalue weighted by Crippen LogP contribution is -2.64. The fourth-order valence-corrected chi connectivity index (χ4v) is 7.58. The number of carbonyl (C=O) groups is 2. The fourth-order valence-electron chi connectivity index (χ4n) is 7.58. The topological polar surface area (TPSA) is 105 Å². The van der Waals surface area contributed by atoms with Crippen molar-refractivity contribution in [1.82, 2.24) is 10.2 Å². The lowest BCUT2D eigenvalue weighted by atomic mass is 9.92. The summed E-state index contributed by atoms with van der Waals surface area (Å²) in [6.07, 6.45) is -3.44. The first-order valence-corrected chi connectivity index (χ1v) is 20.2. The summed E-state index contributed by atoms with van der Waals surface area (Å²) >= 11 is 0. The van der Waals surface area contributed by atoms with E-state index in [2.05, 4.69) is 5.32 Å². The van der Waals surface area contributed by atoms with Crippen LogP contribution in [-0.4, -0.2) is 67.2 Å². The smallest absolute Gasteiger partial charge is 0.338 e. The predicted octanol–water partition coefficient (Wildman–Crippen LogP) is 8.33. The Labute approximate surface area is 346 Å². The summed E-state index contributed by atoms with van der Waals surface area (Å²) in [4.78, 5) is 29.5. The maximum absolute atomic E-state index is 14.3. The number of urea groups is 1. The van der Waals surface area contributed by atoms with Gasteiger partial charge in [0.25, 0.3) is 0 Å². The summed E-state index contributed by atoms with van der Waals surface area (Å²) in [6.45, 7) is 5.12. The molecule has 1 fully saturated rings. The van der Waals surface area contributed by atoms with Gasteiger partial charge in [0.2, 0.25) is 0 Å². The molecule has 0 aromatic heterocycles. The summed E-state index contributed by atoms with van der Waals surface area (Å²) in [5.41, 5.74) is 5.54. The number of hydrogen-bond acceptors (Lipinski definition) is 8. The Hall–Kier alpha value is -5.62. The molecule has 306 valence electrons. The van der Waals surface area contributed by atoms with Gasteiger partial charge in [-0.3, -0.25) is 4.90 Å². The molecule has 1 saturated heterocycles. The summed E-state index contributed by atoms with van der Waals surface area (Å²) < 4.78 is 39.6. The molecule has 0 radical (unpaired) electrons. The van der Waals surface area contributed by atoms with Crippen molar-refractivity contribution in [3.63, 3.8) is 0 Å². The Morgan fingerprint density at radius 3 is 1.54 bits per heavy atom. The molecule has 0 bridgehead atoms. The largest absolute Gasteiger partial charge is 0.463 e. The van der Waals surface area contributed by atoms with Gasteiger partial charge in [-0.15, -0.1) is 0 Å². The monoisotopic (exact) mass is 796 g/mol. The first-order chi connectivity index (χ1) is 29.0. The second kappa shape index (κ2) is 20.9. The van der Waals surface area contributed by atoms with Crippen molar-refractivity contribution < 1.29 is 38.0 Å². The molecule has 10 nitrogen and oxygen atoms in total. The minimum absolute atomic E-state index is 0.0350. The minimum Gasteiger partial charge on any atom is -0.463 e. The number of amides is 2. The maximum Gasteiger partial charge on any atom is 0.338 e. The second-order valence-electron chi connectivity index (χ2n) is 14.6. The molecule has 6 atom stereocenters. The van der Waals surface area contributed by atoms with E-state index >= 15 is 0 Å². The molecule has 2 heterocycles. The molecular formula is C49H52N2O8. The zero-order chi connectivity index (χ0) is 40.8. The summed E-state index contributed by atoms with van der Waals surface area (Å²) in [5, 5.41) is 3.08. The molecule has 5 aromatic rings. The van der Waals surface area contributed by atoms with Gasteiger partial charge < -0.3 is 33.7 Å². The summed E-state index contributed by atoms with van der Waals surface area (Å²) in [6, 6.07) is 48.1. The van der Waals surface area contributed by atoms with Crippen LogP contribution >= 0.6 is 0 Å². The van der Waals surface area contributed by atoms with E-state index in [4.69, 9.17) is 28.4 Å². The minimum atomic E-state index is -0.751. The van der Waals surface area contributed by atoms with Crippen LogP contribution in [0.3, 0.4) is 0 Å². The number of carbonyl (C=O) groups excluding carboxylic acids is 2. The SMILES string of the molecule is CCOC(=O)C1=C(C)N(C[C@@H]2O[C@H](COCc3ccccc3)[C@H](OCc3ccccc3)[C@H](OCc3ccccc3)[C@H]2OCc2ccccc2)C(=O)N[C@H]1c1ccccc1. The molecule has 0 spiro atoms. The Bertz CT molecular complexity index is 2090. The number of ether oxygens (including phenoxy) is 6. The quantitative estimate of drug-likeness (QED) is 0.0884.